The molecule has 2 aromatic heterocycles. The number of allylic oxidation sites excluding steroid dienone is 4. The molecule has 1 atom stereocenters. The minimum absolute atomic E-state index is 0.0814. The summed E-state index contributed by atoms with van der Waals surface area (Å²) in [6.07, 6.45) is 11.6. The first-order valence-corrected chi connectivity index (χ1v) is 7.38. The van der Waals surface area contributed by atoms with Gasteiger partial charge in [0.25, 0.3) is 0 Å². The largest absolute Gasteiger partial charge is 0.278 e. The molecule has 0 aliphatic carbocycles. The van der Waals surface area contributed by atoms with Crippen molar-refractivity contribution in [2.45, 2.75) is 13.8 Å². The van der Waals surface area contributed by atoms with Crippen LogP contribution in [0.3, 0.4) is 0 Å². The van der Waals surface area contributed by atoms with E-state index in [4.69, 9.17) is 11.6 Å². The molecule has 0 aromatic carbocycles. The molecule has 2 rings (SSSR count). The van der Waals surface area contributed by atoms with Gasteiger partial charge in [-0.1, -0.05) is 24.6 Å². The quantitative estimate of drug-likeness (QED) is 0.632. The van der Waals surface area contributed by atoms with E-state index in [1.54, 1.807) is 42.8 Å². The molecule has 0 aliphatic rings. The Labute approximate surface area is 139 Å². The van der Waals surface area contributed by atoms with Crippen molar-refractivity contribution in [3.05, 3.63) is 64.3 Å². The lowest BCUT2D eigenvalue weighted by Gasteiger charge is -2.03. The summed E-state index contributed by atoms with van der Waals surface area (Å²) in [5, 5.41) is 10.6. The molecule has 1 unspecified atom stereocenters. The van der Waals surface area contributed by atoms with E-state index < -0.39 is 0 Å². The van der Waals surface area contributed by atoms with Crippen molar-refractivity contribution < 1.29 is 0 Å². The highest BCUT2D eigenvalue weighted by atomic mass is 35.5. The standard InChI is InChI=1S/C16H16ClN5O/c1-3-14(17)11(2)8-12(22-23)4-5-16-13(9-20-21-16)15-6-7-18-10-19-15/h3-11H,1-2H3,(H,20,21)/b5-4+,12-8?,14-3+. The Morgan fingerprint density at radius 2 is 2.30 bits per heavy atom. The minimum atomic E-state index is -0.0814. The molecule has 0 amide bonds. The molecule has 0 saturated heterocycles. The predicted molar refractivity (Wildman–Crippen MR) is 91.3 cm³/mol. The Balaban J connectivity index is 2.25. The number of hydrogen-bond acceptors (Lipinski definition) is 5. The summed E-state index contributed by atoms with van der Waals surface area (Å²) in [5.41, 5.74) is 2.57. The molecule has 0 bridgehead atoms. The molecule has 0 radical (unpaired) electrons. The Bertz CT molecular complexity index is 749. The zero-order chi connectivity index (χ0) is 16.7. The van der Waals surface area contributed by atoms with Crippen molar-refractivity contribution in [1.82, 2.24) is 20.2 Å². The summed E-state index contributed by atoms with van der Waals surface area (Å²) in [7, 11) is 0. The van der Waals surface area contributed by atoms with Crippen LogP contribution >= 0.6 is 11.6 Å². The molecule has 7 heteroatoms. The molecule has 23 heavy (non-hydrogen) atoms. The van der Waals surface area contributed by atoms with Crippen LogP contribution in [0.1, 0.15) is 19.5 Å². The fourth-order valence-electron chi connectivity index (χ4n) is 1.96. The first-order chi connectivity index (χ1) is 11.2. The van der Waals surface area contributed by atoms with Gasteiger partial charge < -0.3 is 0 Å². The number of H-pyrrole nitrogens is 1. The summed E-state index contributed by atoms with van der Waals surface area (Å²) in [4.78, 5) is 19.1. The van der Waals surface area contributed by atoms with Crippen molar-refractivity contribution in [3.63, 3.8) is 0 Å². The van der Waals surface area contributed by atoms with Crippen LogP contribution in [-0.4, -0.2) is 20.2 Å². The van der Waals surface area contributed by atoms with Gasteiger partial charge in [0.05, 0.1) is 17.6 Å². The Kier molecular flexibility index (Phi) is 5.94. The third-order valence-electron chi connectivity index (χ3n) is 3.18. The molecule has 2 aromatic rings. The molecule has 0 spiro atoms. The molecule has 0 saturated carbocycles. The summed E-state index contributed by atoms with van der Waals surface area (Å²) in [5.74, 6) is -0.0814. The van der Waals surface area contributed by atoms with Crippen molar-refractivity contribution in [1.29, 1.82) is 0 Å². The van der Waals surface area contributed by atoms with E-state index in [2.05, 4.69) is 25.3 Å². The second-order valence-corrected chi connectivity index (χ2v) is 5.21. The van der Waals surface area contributed by atoms with E-state index in [0.717, 1.165) is 17.0 Å². The van der Waals surface area contributed by atoms with Gasteiger partial charge in [-0.3, -0.25) is 5.10 Å². The molecule has 0 fully saturated rings. The molecular formula is C16H16ClN5O. The molecule has 2 heterocycles. The minimum Gasteiger partial charge on any atom is -0.278 e. The van der Waals surface area contributed by atoms with Gasteiger partial charge in [-0.15, -0.1) is 4.91 Å². The van der Waals surface area contributed by atoms with Gasteiger partial charge in [0.15, 0.2) is 0 Å². The van der Waals surface area contributed by atoms with E-state index >= 15 is 0 Å². The Morgan fingerprint density at radius 1 is 1.48 bits per heavy atom. The fourth-order valence-corrected chi connectivity index (χ4v) is 2.02. The third kappa shape index (κ3) is 4.43. The maximum Gasteiger partial charge on any atom is 0.116 e. The van der Waals surface area contributed by atoms with Crippen molar-refractivity contribution in [3.8, 4) is 11.3 Å². The van der Waals surface area contributed by atoms with Gasteiger partial charge in [-0.25, -0.2) is 9.97 Å². The van der Waals surface area contributed by atoms with E-state index in [-0.39, 0.29) is 5.92 Å². The maximum atomic E-state index is 11.0. The van der Waals surface area contributed by atoms with Crippen LogP contribution < -0.4 is 0 Å². The lowest BCUT2D eigenvalue weighted by atomic mass is 10.1. The van der Waals surface area contributed by atoms with Crippen molar-refractivity contribution in [2.75, 3.05) is 0 Å². The van der Waals surface area contributed by atoms with Gasteiger partial charge in [0.1, 0.15) is 12.0 Å². The van der Waals surface area contributed by atoms with Crippen LogP contribution in [0, 0.1) is 10.8 Å². The number of aromatic nitrogens is 4. The number of rotatable bonds is 6. The van der Waals surface area contributed by atoms with Crippen molar-refractivity contribution >= 4 is 17.7 Å². The lowest BCUT2D eigenvalue weighted by molar-refractivity contribution is 0.904. The lowest BCUT2D eigenvalue weighted by Crippen LogP contribution is -1.90. The van der Waals surface area contributed by atoms with Gasteiger partial charge in [0.2, 0.25) is 0 Å². The number of nitrogens with zero attached hydrogens (tertiary/aromatic N) is 4. The number of nitrogens with one attached hydrogen (secondary N) is 1. The van der Waals surface area contributed by atoms with E-state index in [1.807, 2.05) is 13.8 Å². The maximum absolute atomic E-state index is 11.0. The van der Waals surface area contributed by atoms with Crippen LogP contribution in [0.2, 0.25) is 0 Å². The molecule has 0 aliphatic heterocycles. The highest BCUT2D eigenvalue weighted by Crippen LogP contribution is 2.22. The highest BCUT2D eigenvalue weighted by Gasteiger charge is 2.07. The zero-order valence-electron chi connectivity index (χ0n) is 12.8. The summed E-state index contributed by atoms with van der Waals surface area (Å²) >= 11 is 6.04. The predicted octanol–water partition coefficient (Wildman–Crippen LogP) is 4.31. The third-order valence-corrected chi connectivity index (χ3v) is 3.75. The average molecular weight is 330 g/mol. The number of hydrogen-bond donors (Lipinski definition) is 1. The number of aromatic amines is 1. The Hall–Kier alpha value is -2.60. The van der Waals surface area contributed by atoms with Gasteiger partial charge in [-0.05, 0) is 36.4 Å². The first kappa shape index (κ1) is 16.8. The average Bonchev–Trinajstić information content (AvgIpc) is 3.06. The topological polar surface area (TPSA) is 83.9 Å². The summed E-state index contributed by atoms with van der Waals surface area (Å²) in [6.45, 7) is 3.74. The van der Waals surface area contributed by atoms with Crippen LogP contribution in [-0.2, 0) is 0 Å². The Morgan fingerprint density at radius 3 is 2.96 bits per heavy atom. The van der Waals surface area contributed by atoms with Gasteiger partial charge in [0, 0.05) is 22.7 Å². The molecule has 6 nitrogen and oxygen atoms in total. The SMILES string of the molecule is C/C=C(/Cl)C(C)C=C(/C=C/c1[nH]ncc1-c1ccncn1)N=O. The summed E-state index contributed by atoms with van der Waals surface area (Å²) in [6, 6.07) is 1.78. The van der Waals surface area contributed by atoms with Crippen LogP contribution in [0.15, 0.2) is 58.9 Å². The van der Waals surface area contributed by atoms with Gasteiger partial charge >= 0.3 is 0 Å². The summed E-state index contributed by atoms with van der Waals surface area (Å²) < 4.78 is 0. The fraction of sp³-hybridized carbons (Fsp3) is 0.188. The monoisotopic (exact) mass is 329 g/mol. The molecule has 118 valence electrons. The zero-order valence-corrected chi connectivity index (χ0v) is 13.5. The molecular weight excluding hydrogens is 314 g/mol. The van der Waals surface area contributed by atoms with Crippen LogP contribution in [0.5, 0.6) is 0 Å². The first-order valence-electron chi connectivity index (χ1n) is 7.00. The van der Waals surface area contributed by atoms with Crippen molar-refractivity contribution in [2.24, 2.45) is 11.1 Å². The molecule has 1 N–H and O–H groups in total. The smallest absolute Gasteiger partial charge is 0.116 e. The number of halogens is 1. The van der Waals surface area contributed by atoms with E-state index in [1.165, 1.54) is 6.33 Å². The van der Waals surface area contributed by atoms with Crippen LogP contribution in [0.25, 0.3) is 17.3 Å². The second kappa shape index (κ2) is 8.14. The van der Waals surface area contributed by atoms with Crippen LogP contribution in [0.4, 0.5) is 0 Å². The normalized spacial score (nSPS) is 14.2. The van der Waals surface area contributed by atoms with E-state index in [9.17, 15) is 4.91 Å². The highest BCUT2D eigenvalue weighted by molar-refractivity contribution is 6.29. The van der Waals surface area contributed by atoms with E-state index in [0.29, 0.717) is 10.7 Å². The number of nitroso groups, excluding NO2 is 1. The second-order valence-electron chi connectivity index (χ2n) is 4.77. The van der Waals surface area contributed by atoms with Gasteiger partial charge in [-0.2, -0.15) is 5.10 Å².